The summed E-state index contributed by atoms with van der Waals surface area (Å²) in [5.41, 5.74) is 3.64. The van der Waals surface area contributed by atoms with E-state index in [9.17, 15) is 4.39 Å². The molecule has 0 fully saturated rings. The molecule has 4 N–H and O–H groups in total. The highest BCUT2D eigenvalue weighted by Gasteiger charge is 2.09. The van der Waals surface area contributed by atoms with Gasteiger partial charge in [0.2, 0.25) is 11.9 Å². The Kier molecular flexibility index (Phi) is 4.49. The Bertz CT molecular complexity index is 614. The van der Waals surface area contributed by atoms with Gasteiger partial charge in [-0.05, 0) is 44.5 Å². The van der Waals surface area contributed by atoms with Crippen molar-refractivity contribution in [1.82, 2.24) is 15.0 Å². The molecule has 0 saturated heterocycles. The zero-order chi connectivity index (χ0) is 15.4. The molecule has 0 aliphatic heterocycles. The van der Waals surface area contributed by atoms with E-state index in [0.29, 0.717) is 5.69 Å². The number of aromatic nitrogens is 3. The number of hydrazine groups is 1. The number of ether oxygens (including phenoxy) is 1. The topological polar surface area (TPSA) is 98.0 Å². The number of hydrogen-bond donors (Lipinski definition) is 3. The van der Waals surface area contributed by atoms with Gasteiger partial charge in [0.15, 0.2) is 0 Å². The van der Waals surface area contributed by atoms with Gasteiger partial charge in [0.25, 0.3) is 0 Å². The summed E-state index contributed by atoms with van der Waals surface area (Å²) in [7, 11) is 0. The van der Waals surface area contributed by atoms with Gasteiger partial charge in [-0.25, -0.2) is 10.2 Å². The second-order valence-electron chi connectivity index (χ2n) is 4.72. The van der Waals surface area contributed by atoms with E-state index in [0.717, 1.165) is 5.56 Å². The molecule has 0 aliphatic carbocycles. The van der Waals surface area contributed by atoms with Crippen LogP contribution in [0.15, 0.2) is 18.2 Å². The van der Waals surface area contributed by atoms with E-state index < -0.39 is 0 Å². The molecule has 0 radical (unpaired) electrons. The fourth-order valence-electron chi connectivity index (χ4n) is 1.68. The van der Waals surface area contributed by atoms with Gasteiger partial charge >= 0.3 is 6.01 Å². The second kappa shape index (κ2) is 6.31. The first-order chi connectivity index (χ1) is 9.96. The molecule has 1 aromatic heterocycles. The lowest BCUT2D eigenvalue weighted by Gasteiger charge is -2.11. The normalized spacial score (nSPS) is 10.6. The highest BCUT2D eigenvalue weighted by Crippen LogP contribution is 2.19. The van der Waals surface area contributed by atoms with Gasteiger partial charge in [-0.1, -0.05) is 0 Å². The number of anilines is 3. The Hall–Kier alpha value is -2.48. The number of nitrogens with one attached hydrogen (secondary N) is 2. The summed E-state index contributed by atoms with van der Waals surface area (Å²) in [5.74, 6) is 5.33. The molecule has 0 aliphatic rings. The number of nitrogens with zero attached hydrogens (tertiary/aromatic N) is 3. The average Bonchev–Trinajstić information content (AvgIpc) is 2.36. The van der Waals surface area contributed by atoms with Crippen molar-refractivity contribution in [2.45, 2.75) is 26.9 Å². The smallest absolute Gasteiger partial charge is 0.323 e. The molecule has 0 unspecified atom stereocenters. The Morgan fingerprint density at radius 3 is 2.48 bits per heavy atom. The van der Waals surface area contributed by atoms with Gasteiger partial charge in [-0.15, -0.1) is 0 Å². The quantitative estimate of drug-likeness (QED) is 0.573. The van der Waals surface area contributed by atoms with Crippen molar-refractivity contribution >= 4 is 17.6 Å². The van der Waals surface area contributed by atoms with Gasteiger partial charge in [0.05, 0.1) is 6.10 Å². The molecular formula is C13H17FN6O. The Balaban J connectivity index is 2.29. The maximum absolute atomic E-state index is 13.4. The third-order valence-corrected chi connectivity index (χ3v) is 2.38. The van der Waals surface area contributed by atoms with Crippen LogP contribution in [0.3, 0.4) is 0 Å². The number of aryl methyl sites for hydroxylation is 1. The van der Waals surface area contributed by atoms with Crippen molar-refractivity contribution in [2.75, 3.05) is 10.7 Å². The van der Waals surface area contributed by atoms with Crippen molar-refractivity contribution in [3.8, 4) is 6.01 Å². The Labute approximate surface area is 121 Å². The molecule has 0 bridgehead atoms. The van der Waals surface area contributed by atoms with Gasteiger partial charge in [-0.3, -0.25) is 5.43 Å². The van der Waals surface area contributed by atoms with Crippen molar-refractivity contribution in [1.29, 1.82) is 0 Å². The summed E-state index contributed by atoms with van der Waals surface area (Å²) in [6, 6.07) is 4.67. The van der Waals surface area contributed by atoms with Crippen LogP contribution in [0.4, 0.5) is 22.0 Å². The van der Waals surface area contributed by atoms with Gasteiger partial charge in [-0.2, -0.15) is 15.0 Å². The van der Waals surface area contributed by atoms with Crippen LogP contribution in [-0.2, 0) is 0 Å². The minimum Gasteiger partial charge on any atom is -0.461 e. The van der Waals surface area contributed by atoms with Crippen molar-refractivity contribution in [3.05, 3.63) is 29.6 Å². The van der Waals surface area contributed by atoms with Crippen LogP contribution in [-0.4, -0.2) is 21.1 Å². The molecule has 8 heteroatoms. The zero-order valence-corrected chi connectivity index (χ0v) is 12.0. The van der Waals surface area contributed by atoms with Crippen LogP contribution < -0.4 is 21.3 Å². The summed E-state index contributed by atoms with van der Waals surface area (Å²) >= 11 is 0. The molecule has 1 aromatic carbocycles. The van der Waals surface area contributed by atoms with Crippen LogP contribution in [0, 0.1) is 12.7 Å². The molecule has 0 amide bonds. The Morgan fingerprint density at radius 1 is 1.14 bits per heavy atom. The van der Waals surface area contributed by atoms with Gasteiger partial charge in [0, 0.05) is 5.69 Å². The van der Waals surface area contributed by atoms with E-state index in [1.54, 1.807) is 13.0 Å². The zero-order valence-electron chi connectivity index (χ0n) is 12.0. The fraction of sp³-hybridized carbons (Fsp3) is 0.308. The molecule has 0 spiro atoms. The first-order valence-corrected chi connectivity index (χ1v) is 6.40. The van der Waals surface area contributed by atoms with E-state index >= 15 is 0 Å². The first-order valence-electron chi connectivity index (χ1n) is 6.40. The lowest BCUT2D eigenvalue weighted by molar-refractivity contribution is 0.222. The van der Waals surface area contributed by atoms with E-state index in [2.05, 4.69) is 25.7 Å². The monoisotopic (exact) mass is 292 g/mol. The van der Waals surface area contributed by atoms with E-state index in [1.165, 1.54) is 12.1 Å². The SMILES string of the molecule is Cc1cc(F)cc(Nc2nc(NN)nc(OC(C)C)n2)c1. The third-order valence-electron chi connectivity index (χ3n) is 2.38. The molecule has 0 atom stereocenters. The number of rotatable bonds is 5. The number of benzene rings is 1. The lowest BCUT2D eigenvalue weighted by atomic mass is 10.2. The molecule has 1 heterocycles. The van der Waals surface area contributed by atoms with E-state index in [-0.39, 0.29) is 29.8 Å². The van der Waals surface area contributed by atoms with Crippen LogP contribution in [0.1, 0.15) is 19.4 Å². The summed E-state index contributed by atoms with van der Waals surface area (Å²) in [4.78, 5) is 12.1. The highest BCUT2D eigenvalue weighted by molar-refractivity contribution is 5.55. The third kappa shape index (κ3) is 4.25. The predicted octanol–water partition coefficient (Wildman–Crippen LogP) is 2.14. The van der Waals surface area contributed by atoms with Crippen LogP contribution in [0.2, 0.25) is 0 Å². The molecule has 21 heavy (non-hydrogen) atoms. The van der Waals surface area contributed by atoms with Crippen LogP contribution in [0.5, 0.6) is 6.01 Å². The number of hydrogen-bond acceptors (Lipinski definition) is 7. The summed E-state index contributed by atoms with van der Waals surface area (Å²) < 4.78 is 18.8. The van der Waals surface area contributed by atoms with E-state index in [1.807, 2.05) is 13.8 Å². The number of nitrogens with two attached hydrogens (primary N) is 1. The minimum absolute atomic E-state index is 0.0951. The molecule has 7 nitrogen and oxygen atoms in total. The van der Waals surface area contributed by atoms with E-state index in [4.69, 9.17) is 10.6 Å². The summed E-state index contributed by atoms with van der Waals surface area (Å²) in [5, 5.41) is 2.90. The number of halogens is 1. The summed E-state index contributed by atoms with van der Waals surface area (Å²) in [6.45, 7) is 5.49. The molecule has 0 saturated carbocycles. The molecular weight excluding hydrogens is 275 g/mol. The maximum atomic E-state index is 13.4. The average molecular weight is 292 g/mol. The predicted molar refractivity (Wildman–Crippen MR) is 77.8 cm³/mol. The summed E-state index contributed by atoms with van der Waals surface area (Å²) in [6.07, 6.45) is -0.0951. The van der Waals surface area contributed by atoms with Gasteiger partial charge in [0.1, 0.15) is 5.82 Å². The maximum Gasteiger partial charge on any atom is 0.323 e. The van der Waals surface area contributed by atoms with Crippen molar-refractivity contribution in [3.63, 3.8) is 0 Å². The largest absolute Gasteiger partial charge is 0.461 e. The highest BCUT2D eigenvalue weighted by atomic mass is 19.1. The molecule has 2 rings (SSSR count). The lowest BCUT2D eigenvalue weighted by Crippen LogP contribution is -2.15. The van der Waals surface area contributed by atoms with Crippen molar-refractivity contribution in [2.24, 2.45) is 5.84 Å². The van der Waals surface area contributed by atoms with Gasteiger partial charge < -0.3 is 10.1 Å². The van der Waals surface area contributed by atoms with Crippen molar-refractivity contribution < 1.29 is 9.13 Å². The standard InChI is InChI=1S/C13H17FN6O/c1-7(2)21-13-18-11(17-12(19-13)20-15)16-10-5-8(3)4-9(14)6-10/h4-7H,15H2,1-3H3,(H2,16,17,18,19,20). The van der Waals surface area contributed by atoms with Crippen LogP contribution >= 0.6 is 0 Å². The first kappa shape index (κ1) is 14.9. The minimum atomic E-state index is -0.345. The molecule has 112 valence electrons. The number of nitrogen functional groups attached to an aromatic ring is 1. The van der Waals surface area contributed by atoms with Crippen LogP contribution in [0.25, 0.3) is 0 Å². The second-order valence-corrected chi connectivity index (χ2v) is 4.72. The fourth-order valence-corrected chi connectivity index (χ4v) is 1.68. The Morgan fingerprint density at radius 2 is 1.86 bits per heavy atom. The molecule has 2 aromatic rings.